The summed E-state index contributed by atoms with van der Waals surface area (Å²) < 4.78 is 0. The Morgan fingerprint density at radius 1 is 1.50 bits per heavy atom. The Hall–Kier alpha value is -1.55. The number of aromatic nitrogens is 1. The second-order valence-corrected chi connectivity index (χ2v) is 3.94. The van der Waals surface area contributed by atoms with Crippen LogP contribution in [0.1, 0.15) is 16.8 Å². The second kappa shape index (κ2) is 4.53. The molecule has 1 aromatic rings. The van der Waals surface area contributed by atoms with Crippen molar-refractivity contribution < 1.29 is 9.90 Å². The van der Waals surface area contributed by atoms with Gasteiger partial charge in [0.25, 0.3) is 0 Å². The van der Waals surface area contributed by atoms with Gasteiger partial charge >= 0.3 is 5.97 Å². The third-order valence-electron chi connectivity index (χ3n) is 2.45. The number of rotatable bonds is 2. The number of carbonyl (C=O) groups is 1. The minimum Gasteiger partial charge on any atom is -0.478 e. The van der Waals surface area contributed by atoms with Crippen LogP contribution in [0.25, 0.3) is 0 Å². The highest BCUT2D eigenvalue weighted by molar-refractivity contribution is 6.33. The lowest BCUT2D eigenvalue weighted by molar-refractivity contribution is 0.0697. The van der Waals surface area contributed by atoms with Crippen LogP contribution < -0.4 is 4.90 Å². The molecule has 1 N–H and O–H groups in total. The Morgan fingerprint density at radius 2 is 2.31 bits per heavy atom. The fourth-order valence-electron chi connectivity index (χ4n) is 1.61. The normalized spacial score (nSPS) is 15.2. The second-order valence-electron chi connectivity index (χ2n) is 3.53. The Kier molecular flexibility index (Phi) is 3.10. The van der Waals surface area contributed by atoms with E-state index in [0.29, 0.717) is 5.82 Å². The Balaban J connectivity index is 2.31. The molecule has 2 heterocycles. The van der Waals surface area contributed by atoms with Gasteiger partial charge in [0.2, 0.25) is 0 Å². The largest absolute Gasteiger partial charge is 0.478 e. The van der Waals surface area contributed by atoms with Gasteiger partial charge in [0.05, 0.1) is 10.6 Å². The monoisotopic (exact) mass is 238 g/mol. The van der Waals surface area contributed by atoms with Gasteiger partial charge in [-0.2, -0.15) is 0 Å². The van der Waals surface area contributed by atoms with Crippen LogP contribution >= 0.6 is 11.6 Å². The molecule has 16 heavy (non-hydrogen) atoms. The van der Waals surface area contributed by atoms with Crippen LogP contribution in [0.3, 0.4) is 0 Å². The van der Waals surface area contributed by atoms with Crippen molar-refractivity contribution in [3.05, 3.63) is 35.0 Å². The quantitative estimate of drug-likeness (QED) is 0.803. The molecule has 2 rings (SSSR count). The van der Waals surface area contributed by atoms with Gasteiger partial charge in [-0.15, -0.1) is 0 Å². The zero-order valence-corrected chi connectivity index (χ0v) is 9.31. The van der Waals surface area contributed by atoms with Crippen molar-refractivity contribution in [1.29, 1.82) is 0 Å². The predicted molar refractivity (Wildman–Crippen MR) is 62.2 cm³/mol. The number of nitrogens with zero attached hydrogens (tertiary/aromatic N) is 2. The summed E-state index contributed by atoms with van der Waals surface area (Å²) in [5.74, 6) is -0.368. The standard InChI is InChI=1S/C11H11ClN2O2/c12-9-7-13-10(6-8(9)11(15)16)14-4-2-1-3-5-14/h1-2,6-7H,3-5H2,(H,15,16). The van der Waals surface area contributed by atoms with E-state index < -0.39 is 5.97 Å². The molecule has 1 aliphatic heterocycles. The summed E-state index contributed by atoms with van der Waals surface area (Å²) in [6.07, 6.45) is 6.48. The van der Waals surface area contributed by atoms with Gasteiger partial charge in [-0.3, -0.25) is 0 Å². The molecule has 0 saturated carbocycles. The van der Waals surface area contributed by atoms with Crippen molar-refractivity contribution in [1.82, 2.24) is 4.98 Å². The molecule has 84 valence electrons. The molecule has 5 heteroatoms. The molecule has 0 atom stereocenters. The van der Waals surface area contributed by atoms with E-state index in [2.05, 4.69) is 11.1 Å². The lowest BCUT2D eigenvalue weighted by Gasteiger charge is -2.24. The van der Waals surface area contributed by atoms with Crippen molar-refractivity contribution in [3.63, 3.8) is 0 Å². The minimum atomic E-state index is -1.03. The zero-order chi connectivity index (χ0) is 11.5. The Bertz CT molecular complexity index is 446. The first-order chi connectivity index (χ1) is 7.68. The molecule has 0 spiro atoms. The van der Waals surface area contributed by atoms with E-state index in [-0.39, 0.29) is 10.6 Å². The first-order valence-corrected chi connectivity index (χ1v) is 5.35. The first kappa shape index (κ1) is 11.0. The van der Waals surface area contributed by atoms with Crippen LogP contribution in [0, 0.1) is 0 Å². The van der Waals surface area contributed by atoms with E-state index in [0.717, 1.165) is 19.5 Å². The molecular formula is C11H11ClN2O2. The van der Waals surface area contributed by atoms with Crippen LogP contribution in [0.2, 0.25) is 5.02 Å². The van der Waals surface area contributed by atoms with E-state index in [9.17, 15) is 4.79 Å². The summed E-state index contributed by atoms with van der Waals surface area (Å²) >= 11 is 5.75. The lowest BCUT2D eigenvalue weighted by atomic mass is 10.2. The molecule has 0 radical (unpaired) electrons. The molecule has 1 aliphatic rings. The van der Waals surface area contributed by atoms with Gasteiger partial charge in [0.1, 0.15) is 5.82 Å². The van der Waals surface area contributed by atoms with Crippen LogP contribution in [-0.4, -0.2) is 29.1 Å². The van der Waals surface area contributed by atoms with Gasteiger partial charge in [0, 0.05) is 19.3 Å². The zero-order valence-electron chi connectivity index (χ0n) is 8.56. The number of carboxylic acids is 1. The maximum Gasteiger partial charge on any atom is 0.337 e. The topological polar surface area (TPSA) is 53.4 Å². The molecule has 0 amide bonds. The smallest absolute Gasteiger partial charge is 0.337 e. The number of pyridine rings is 1. The Labute approximate surface area is 98.2 Å². The van der Waals surface area contributed by atoms with Crippen molar-refractivity contribution in [2.45, 2.75) is 6.42 Å². The lowest BCUT2D eigenvalue weighted by Crippen LogP contribution is -2.27. The van der Waals surface area contributed by atoms with Gasteiger partial charge in [-0.1, -0.05) is 23.8 Å². The van der Waals surface area contributed by atoms with Crippen molar-refractivity contribution in [2.24, 2.45) is 0 Å². The van der Waals surface area contributed by atoms with Crippen LogP contribution in [-0.2, 0) is 0 Å². The molecule has 0 saturated heterocycles. The fourth-order valence-corrected chi connectivity index (χ4v) is 1.80. The number of anilines is 1. The van der Waals surface area contributed by atoms with Gasteiger partial charge in [-0.25, -0.2) is 9.78 Å². The summed E-state index contributed by atoms with van der Waals surface area (Å²) in [7, 11) is 0. The van der Waals surface area contributed by atoms with E-state index in [1.165, 1.54) is 12.3 Å². The highest BCUT2D eigenvalue weighted by Crippen LogP contribution is 2.21. The molecule has 1 aromatic heterocycles. The van der Waals surface area contributed by atoms with E-state index in [1.807, 2.05) is 11.0 Å². The maximum absolute atomic E-state index is 10.9. The molecule has 0 unspecified atom stereocenters. The summed E-state index contributed by atoms with van der Waals surface area (Å²) in [5.41, 5.74) is 0.0984. The summed E-state index contributed by atoms with van der Waals surface area (Å²) in [6.45, 7) is 1.61. The van der Waals surface area contributed by atoms with E-state index in [1.54, 1.807) is 0 Å². The van der Waals surface area contributed by atoms with Crippen molar-refractivity contribution in [2.75, 3.05) is 18.0 Å². The van der Waals surface area contributed by atoms with Crippen LogP contribution in [0.4, 0.5) is 5.82 Å². The average Bonchev–Trinajstić information content (AvgIpc) is 2.30. The van der Waals surface area contributed by atoms with Crippen molar-refractivity contribution >= 4 is 23.4 Å². The predicted octanol–water partition coefficient (Wildman–Crippen LogP) is 2.20. The fraction of sp³-hybridized carbons (Fsp3) is 0.273. The highest BCUT2D eigenvalue weighted by atomic mass is 35.5. The first-order valence-electron chi connectivity index (χ1n) is 4.97. The molecule has 4 nitrogen and oxygen atoms in total. The van der Waals surface area contributed by atoms with E-state index >= 15 is 0 Å². The number of aromatic carboxylic acids is 1. The Morgan fingerprint density at radius 3 is 2.94 bits per heavy atom. The molecule has 0 aromatic carbocycles. The minimum absolute atomic E-state index is 0.0984. The van der Waals surface area contributed by atoms with Gasteiger partial charge in [0.15, 0.2) is 0 Å². The van der Waals surface area contributed by atoms with Crippen LogP contribution in [0.5, 0.6) is 0 Å². The number of hydrogen-bond donors (Lipinski definition) is 1. The molecule has 0 aliphatic carbocycles. The summed E-state index contributed by atoms with van der Waals surface area (Å²) in [6, 6.07) is 1.52. The van der Waals surface area contributed by atoms with Crippen LogP contribution in [0.15, 0.2) is 24.4 Å². The van der Waals surface area contributed by atoms with Crippen molar-refractivity contribution in [3.8, 4) is 0 Å². The maximum atomic E-state index is 10.9. The van der Waals surface area contributed by atoms with Gasteiger partial charge in [-0.05, 0) is 12.5 Å². The van der Waals surface area contributed by atoms with E-state index in [4.69, 9.17) is 16.7 Å². The molecule has 0 fully saturated rings. The third-order valence-corrected chi connectivity index (χ3v) is 2.75. The summed E-state index contributed by atoms with van der Waals surface area (Å²) in [5, 5.41) is 9.11. The third kappa shape index (κ3) is 2.17. The number of carboxylic acid groups (broad SMARTS) is 1. The number of hydrogen-bond acceptors (Lipinski definition) is 3. The summed E-state index contributed by atoms with van der Waals surface area (Å²) in [4.78, 5) is 17.1. The SMILES string of the molecule is O=C(O)c1cc(N2CC=CCC2)ncc1Cl. The molecular weight excluding hydrogens is 228 g/mol. The average molecular weight is 239 g/mol. The molecule has 0 bridgehead atoms. The van der Waals surface area contributed by atoms with Gasteiger partial charge < -0.3 is 10.0 Å². The highest BCUT2D eigenvalue weighted by Gasteiger charge is 2.14. The number of halogens is 1.